The van der Waals surface area contributed by atoms with Crippen LogP contribution in [-0.2, 0) is 0 Å². The average molecular weight is 286 g/mol. The van der Waals surface area contributed by atoms with Gasteiger partial charge in [-0.15, -0.1) is 0 Å². The second-order valence-corrected chi connectivity index (χ2v) is 5.15. The standard InChI is InChI=1S/C18H14N4/c1-4-13-5-3-9-21-18(13)15(7-1)17(16-11-20-12-22-16)14-6-2-8-19-10-14/h1-12,17H,(H,20,22). The Labute approximate surface area is 127 Å². The molecule has 3 heterocycles. The van der Waals surface area contributed by atoms with Gasteiger partial charge < -0.3 is 4.98 Å². The summed E-state index contributed by atoms with van der Waals surface area (Å²) in [5, 5.41) is 1.13. The highest BCUT2D eigenvalue weighted by Crippen LogP contribution is 2.33. The fourth-order valence-electron chi connectivity index (χ4n) is 2.86. The minimum Gasteiger partial charge on any atom is -0.348 e. The number of nitrogens with zero attached hydrogens (tertiary/aromatic N) is 3. The molecule has 0 aliphatic rings. The van der Waals surface area contributed by atoms with E-state index in [-0.39, 0.29) is 5.92 Å². The van der Waals surface area contributed by atoms with Crippen molar-refractivity contribution in [1.82, 2.24) is 19.9 Å². The van der Waals surface area contributed by atoms with Gasteiger partial charge in [0, 0.05) is 35.9 Å². The second-order valence-electron chi connectivity index (χ2n) is 5.15. The molecule has 1 atom stereocenters. The fraction of sp³-hybridized carbons (Fsp3) is 0.0556. The van der Waals surface area contributed by atoms with Crippen molar-refractivity contribution < 1.29 is 0 Å². The lowest BCUT2D eigenvalue weighted by molar-refractivity contribution is 0.928. The maximum absolute atomic E-state index is 4.58. The summed E-state index contributed by atoms with van der Waals surface area (Å²) in [5.41, 5.74) is 4.31. The van der Waals surface area contributed by atoms with Crippen LogP contribution in [0.4, 0.5) is 0 Å². The zero-order valence-electron chi connectivity index (χ0n) is 11.8. The van der Waals surface area contributed by atoms with Crippen LogP contribution >= 0.6 is 0 Å². The predicted octanol–water partition coefficient (Wildman–Crippen LogP) is 3.53. The van der Waals surface area contributed by atoms with E-state index in [4.69, 9.17) is 0 Å². The molecule has 106 valence electrons. The third-order valence-corrected chi connectivity index (χ3v) is 3.82. The van der Waals surface area contributed by atoms with Gasteiger partial charge in [-0.1, -0.05) is 30.3 Å². The summed E-state index contributed by atoms with van der Waals surface area (Å²) in [6.45, 7) is 0. The molecular formula is C18H14N4. The van der Waals surface area contributed by atoms with Crippen LogP contribution in [0.5, 0.6) is 0 Å². The largest absolute Gasteiger partial charge is 0.348 e. The predicted molar refractivity (Wildman–Crippen MR) is 85.5 cm³/mol. The molecule has 4 aromatic rings. The van der Waals surface area contributed by atoms with E-state index in [1.54, 1.807) is 12.5 Å². The second kappa shape index (κ2) is 5.41. The molecule has 0 amide bonds. The summed E-state index contributed by atoms with van der Waals surface area (Å²) >= 11 is 0. The van der Waals surface area contributed by atoms with Crippen LogP contribution in [0, 0.1) is 0 Å². The van der Waals surface area contributed by atoms with Crippen LogP contribution in [-0.4, -0.2) is 19.9 Å². The number of pyridine rings is 2. The van der Waals surface area contributed by atoms with Crippen LogP contribution in [0.1, 0.15) is 22.7 Å². The van der Waals surface area contributed by atoms with Crippen LogP contribution in [0.3, 0.4) is 0 Å². The number of fused-ring (bicyclic) bond motifs is 1. The molecule has 0 saturated carbocycles. The first kappa shape index (κ1) is 12.7. The Morgan fingerprint density at radius 2 is 1.77 bits per heavy atom. The first-order valence-electron chi connectivity index (χ1n) is 7.15. The molecule has 0 spiro atoms. The minimum atomic E-state index is 0.0369. The summed E-state index contributed by atoms with van der Waals surface area (Å²) in [5.74, 6) is 0.0369. The van der Waals surface area contributed by atoms with Gasteiger partial charge in [0.25, 0.3) is 0 Å². The van der Waals surface area contributed by atoms with Gasteiger partial charge >= 0.3 is 0 Å². The van der Waals surface area contributed by atoms with E-state index in [0.29, 0.717) is 0 Å². The molecule has 1 N–H and O–H groups in total. The van der Waals surface area contributed by atoms with Gasteiger partial charge in [-0.05, 0) is 23.3 Å². The Kier molecular flexibility index (Phi) is 3.12. The maximum atomic E-state index is 4.58. The van der Waals surface area contributed by atoms with Crippen molar-refractivity contribution in [3.63, 3.8) is 0 Å². The molecule has 22 heavy (non-hydrogen) atoms. The number of aromatic nitrogens is 4. The lowest BCUT2D eigenvalue weighted by Gasteiger charge is -2.17. The Balaban J connectivity index is 1.98. The molecule has 0 radical (unpaired) electrons. The first-order valence-corrected chi connectivity index (χ1v) is 7.15. The summed E-state index contributed by atoms with van der Waals surface area (Å²) in [4.78, 5) is 16.3. The third-order valence-electron chi connectivity index (χ3n) is 3.82. The smallest absolute Gasteiger partial charge is 0.0922 e. The third kappa shape index (κ3) is 2.15. The molecule has 4 rings (SSSR count). The zero-order chi connectivity index (χ0) is 14.8. The lowest BCUT2D eigenvalue weighted by atomic mass is 9.88. The van der Waals surface area contributed by atoms with Gasteiger partial charge in [-0.2, -0.15) is 0 Å². The highest BCUT2D eigenvalue weighted by molar-refractivity contribution is 5.83. The van der Waals surface area contributed by atoms with Crippen molar-refractivity contribution >= 4 is 10.9 Å². The minimum absolute atomic E-state index is 0.0369. The zero-order valence-corrected chi connectivity index (χ0v) is 11.8. The molecule has 3 aromatic heterocycles. The number of aromatic amines is 1. The van der Waals surface area contributed by atoms with Crippen LogP contribution < -0.4 is 0 Å². The van der Waals surface area contributed by atoms with Gasteiger partial charge in [0.15, 0.2) is 0 Å². The van der Waals surface area contributed by atoms with Crippen molar-refractivity contribution in [2.75, 3.05) is 0 Å². The van der Waals surface area contributed by atoms with Gasteiger partial charge in [0.1, 0.15) is 0 Å². The van der Waals surface area contributed by atoms with E-state index in [1.807, 2.05) is 30.7 Å². The van der Waals surface area contributed by atoms with Gasteiger partial charge in [-0.25, -0.2) is 4.98 Å². The van der Waals surface area contributed by atoms with E-state index < -0.39 is 0 Å². The molecule has 0 aliphatic heterocycles. The summed E-state index contributed by atoms with van der Waals surface area (Å²) in [7, 11) is 0. The number of nitrogens with one attached hydrogen (secondary N) is 1. The van der Waals surface area contributed by atoms with Crippen LogP contribution in [0.15, 0.2) is 73.6 Å². The number of H-pyrrole nitrogens is 1. The number of imidazole rings is 1. The molecule has 1 unspecified atom stereocenters. The van der Waals surface area contributed by atoms with E-state index >= 15 is 0 Å². The van der Waals surface area contributed by atoms with Crippen LogP contribution in [0.2, 0.25) is 0 Å². The molecular weight excluding hydrogens is 272 g/mol. The van der Waals surface area contributed by atoms with E-state index in [1.165, 1.54) is 0 Å². The Morgan fingerprint density at radius 3 is 2.59 bits per heavy atom. The molecule has 4 heteroatoms. The molecule has 4 nitrogen and oxygen atoms in total. The highest BCUT2D eigenvalue weighted by Gasteiger charge is 2.20. The monoisotopic (exact) mass is 286 g/mol. The normalized spacial score (nSPS) is 12.4. The van der Waals surface area contributed by atoms with Crippen molar-refractivity contribution in [2.24, 2.45) is 0 Å². The fourth-order valence-corrected chi connectivity index (χ4v) is 2.86. The number of benzene rings is 1. The number of para-hydroxylation sites is 1. The SMILES string of the molecule is c1cncc(C(c2cnc[nH]2)c2cccc3cccnc23)c1. The molecule has 0 bridgehead atoms. The van der Waals surface area contributed by atoms with E-state index in [2.05, 4.69) is 50.3 Å². The number of rotatable bonds is 3. The van der Waals surface area contributed by atoms with E-state index in [0.717, 1.165) is 27.7 Å². The van der Waals surface area contributed by atoms with Crippen LogP contribution in [0.25, 0.3) is 10.9 Å². The Morgan fingerprint density at radius 1 is 0.864 bits per heavy atom. The summed E-state index contributed by atoms with van der Waals surface area (Å²) in [6.07, 6.45) is 9.08. The molecule has 0 aliphatic carbocycles. The molecule has 0 saturated heterocycles. The summed E-state index contributed by atoms with van der Waals surface area (Å²) < 4.78 is 0. The Hall–Kier alpha value is -3.01. The molecule has 1 aromatic carbocycles. The van der Waals surface area contributed by atoms with Crippen molar-refractivity contribution in [2.45, 2.75) is 5.92 Å². The first-order chi connectivity index (χ1) is 10.9. The summed E-state index contributed by atoms with van der Waals surface area (Å²) in [6, 6.07) is 14.4. The van der Waals surface area contributed by atoms with Gasteiger partial charge in [0.2, 0.25) is 0 Å². The number of hydrogen-bond donors (Lipinski definition) is 1. The molecule has 0 fully saturated rings. The lowest BCUT2D eigenvalue weighted by Crippen LogP contribution is -2.05. The van der Waals surface area contributed by atoms with Crippen molar-refractivity contribution in [1.29, 1.82) is 0 Å². The van der Waals surface area contributed by atoms with Crippen molar-refractivity contribution in [3.8, 4) is 0 Å². The van der Waals surface area contributed by atoms with Crippen molar-refractivity contribution in [3.05, 3.63) is 90.4 Å². The van der Waals surface area contributed by atoms with Gasteiger partial charge in [0.05, 0.1) is 17.8 Å². The average Bonchev–Trinajstić information content (AvgIpc) is 3.11. The number of hydrogen-bond acceptors (Lipinski definition) is 3. The highest BCUT2D eigenvalue weighted by atomic mass is 14.9. The van der Waals surface area contributed by atoms with Gasteiger partial charge in [-0.3, -0.25) is 9.97 Å². The maximum Gasteiger partial charge on any atom is 0.0922 e. The quantitative estimate of drug-likeness (QED) is 0.627. The topological polar surface area (TPSA) is 54.5 Å². The Bertz CT molecular complexity index is 880. The van der Waals surface area contributed by atoms with E-state index in [9.17, 15) is 0 Å².